The van der Waals surface area contributed by atoms with Gasteiger partial charge in [0, 0.05) is 30.1 Å². The van der Waals surface area contributed by atoms with Crippen molar-refractivity contribution in [2.24, 2.45) is 5.73 Å². The summed E-state index contributed by atoms with van der Waals surface area (Å²) in [5, 5.41) is 6.80. The topological polar surface area (TPSA) is 115 Å². The number of carbonyl (C=O) groups is 3. The molecule has 186 valence electrons. The van der Waals surface area contributed by atoms with Crippen LogP contribution in [0.3, 0.4) is 0 Å². The second-order valence-electron chi connectivity index (χ2n) is 8.37. The molecule has 0 fully saturated rings. The molecule has 4 N–H and O–H groups in total. The number of benzene rings is 1. The van der Waals surface area contributed by atoms with Crippen LogP contribution in [0, 0.1) is 0 Å². The molecule has 34 heavy (non-hydrogen) atoms. The second kappa shape index (κ2) is 13.8. The predicted octanol–water partition coefficient (Wildman–Crippen LogP) is 2.62. The molecule has 1 aliphatic heterocycles. The molecule has 2 heterocycles. The van der Waals surface area contributed by atoms with Crippen molar-refractivity contribution in [1.82, 2.24) is 15.2 Å². The second-order valence-corrected chi connectivity index (χ2v) is 8.37. The van der Waals surface area contributed by atoms with Crippen LogP contribution in [0.5, 0.6) is 0 Å². The molecule has 2 amide bonds. The first-order chi connectivity index (χ1) is 16.0. The van der Waals surface area contributed by atoms with Gasteiger partial charge in [0.1, 0.15) is 12.1 Å². The molecule has 9 heteroatoms. The van der Waals surface area contributed by atoms with Crippen LogP contribution in [0.2, 0.25) is 0 Å². The zero-order valence-corrected chi connectivity index (χ0v) is 20.4. The van der Waals surface area contributed by atoms with Crippen molar-refractivity contribution in [1.29, 1.82) is 0 Å². The minimum absolute atomic E-state index is 0. The molecule has 8 nitrogen and oxygen atoms in total. The smallest absolute Gasteiger partial charge is 0.328 e. The van der Waals surface area contributed by atoms with Gasteiger partial charge in [-0.3, -0.25) is 9.59 Å². The maximum absolute atomic E-state index is 12.9. The van der Waals surface area contributed by atoms with Gasteiger partial charge >= 0.3 is 5.97 Å². The third-order valence-electron chi connectivity index (χ3n) is 5.96. The lowest BCUT2D eigenvalue weighted by atomic mass is 10.1. The number of ether oxygens (including phenoxy) is 1. The number of halogens is 1. The summed E-state index contributed by atoms with van der Waals surface area (Å²) in [5.74, 6) is -1.07. The van der Waals surface area contributed by atoms with Gasteiger partial charge < -0.3 is 25.7 Å². The predicted molar refractivity (Wildman–Crippen MR) is 135 cm³/mol. The summed E-state index contributed by atoms with van der Waals surface area (Å²) in [6, 6.07) is 6.67. The molecule has 3 rings (SSSR count). The van der Waals surface area contributed by atoms with Gasteiger partial charge in [-0.15, -0.1) is 12.4 Å². The Morgan fingerprint density at radius 1 is 1.15 bits per heavy atom. The third-order valence-corrected chi connectivity index (χ3v) is 5.96. The third kappa shape index (κ3) is 7.33. The minimum atomic E-state index is -0.822. The lowest BCUT2D eigenvalue weighted by molar-refractivity contribution is -0.145. The van der Waals surface area contributed by atoms with Crippen LogP contribution < -0.4 is 16.4 Å². The summed E-state index contributed by atoms with van der Waals surface area (Å²) in [6.45, 7) is 1.16. The number of nitrogens with zero attached hydrogens (tertiary/aromatic N) is 1. The van der Waals surface area contributed by atoms with Crippen LogP contribution in [-0.4, -0.2) is 48.1 Å². The molecule has 2 atom stereocenters. The fourth-order valence-electron chi connectivity index (χ4n) is 4.19. The first-order valence-corrected chi connectivity index (χ1v) is 11.6. The Kier molecular flexibility index (Phi) is 11.1. The number of aryl methyl sites for hydroxylation is 1. The number of aromatic nitrogens is 1. The maximum Gasteiger partial charge on any atom is 0.328 e. The van der Waals surface area contributed by atoms with E-state index in [4.69, 9.17) is 10.5 Å². The van der Waals surface area contributed by atoms with Crippen LogP contribution in [0.15, 0.2) is 42.6 Å². The maximum atomic E-state index is 12.9. The first-order valence-electron chi connectivity index (χ1n) is 11.6. The molecule has 1 aromatic heterocycles. The van der Waals surface area contributed by atoms with Gasteiger partial charge in [-0.1, -0.05) is 30.4 Å². The quantitative estimate of drug-likeness (QED) is 0.338. The highest BCUT2D eigenvalue weighted by Gasteiger charge is 2.26. The van der Waals surface area contributed by atoms with Crippen LogP contribution >= 0.6 is 12.4 Å². The van der Waals surface area contributed by atoms with E-state index in [0.29, 0.717) is 45.2 Å². The van der Waals surface area contributed by atoms with E-state index in [1.165, 1.54) is 18.1 Å². The number of nitrogens with one attached hydrogen (secondary N) is 2. The van der Waals surface area contributed by atoms with Gasteiger partial charge in [-0.2, -0.15) is 0 Å². The summed E-state index contributed by atoms with van der Waals surface area (Å²) in [4.78, 5) is 37.9. The summed E-state index contributed by atoms with van der Waals surface area (Å²) < 4.78 is 7.04. The van der Waals surface area contributed by atoms with Gasteiger partial charge in [0.2, 0.25) is 11.8 Å². The van der Waals surface area contributed by atoms with Crippen molar-refractivity contribution in [3.63, 3.8) is 0 Å². The number of hydrogen-bond donors (Lipinski definition) is 3. The van der Waals surface area contributed by atoms with E-state index in [1.54, 1.807) is 0 Å². The number of amides is 2. The van der Waals surface area contributed by atoms with Crippen molar-refractivity contribution < 1.29 is 19.1 Å². The average molecular weight is 491 g/mol. The van der Waals surface area contributed by atoms with Gasteiger partial charge in [0.25, 0.3) is 0 Å². The summed E-state index contributed by atoms with van der Waals surface area (Å²) in [6.07, 6.45) is 10.0. The number of unbranched alkanes of at least 4 members (excludes halogenated alkanes) is 1. The van der Waals surface area contributed by atoms with Crippen molar-refractivity contribution in [3.8, 4) is 0 Å². The van der Waals surface area contributed by atoms with E-state index in [0.717, 1.165) is 18.4 Å². The molecule has 2 bridgehead atoms. The fraction of sp³-hybridized carbons (Fsp3) is 0.480. The largest absolute Gasteiger partial charge is 0.467 e. The van der Waals surface area contributed by atoms with Crippen LogP contribution in [0.25, 0.3) is 10.9 Å². The van der Waals surface area contributed by atoms with Crippen LogP contribution in [-0.2, 0) is 32.1 Å². The molecule has 1 aliphatic rings. The highest BCUT2D eigenvalue weighted by Crippen LogP contribution is 2.23. The van der Waals surface area contributed by atoms with E-state index in [9.17, 15) is 14.4 Å². The first kappa shape index (κ1) is 27.4. The molecule has 2 aromatic rings. The summed E-state index contributed by atoms with van der Waals surface area (Å²) in [7, 11) is 1.30. The zero-order chi connectivity index (χ0) is 23.6. The number of esters is 1. The Hall–Kier alpha value is -2.84. The van der Waals surface area contributed by atoms with Crippen LogP contribution in [0.1, 0.15) is 44.1 Å². The highest BCUT2D eigenvalue weighted by molar-refractivity contribution is 5.91. The molecular weight excluding hydrogens is 456 g/mol. The van der Waals surface area contributed by atoms with Crippen molar-refractivity contribution in [2.75, 3.05) is 13.7 Å². The van der Waals surface area contributed by atoms with E-state index in [-0.39, 0.29) is 24.2 Å². The molecule has 1 aromatic carbocycles. The molecule has 0 unspecified atom stereocenters. The van der Waals surface area contributed by atoms with Crippen molar-refractivity contribution in [2.45, 2.75) is 63.6 Å². The van der Waals surface area contributed by atoms with E-state index < -0.39 is 18.1 Å². The summed E-state index contributed by atoms with van der Waals surface area (Å²) in [5.41, 5.74) is 7.91. The Balaban J connectivity index is 0.00000408. The SMILES string of the molecule is COC(=O)[C@@H]1C/C=C/Cn2cc(c3ccccc32)CCCC(=O)N[C@H](CCCCN)C(=O)N1.Cl. The minimum Gasteiger partial charge on any atom is -0.467 e. The molecule has 0 saturated carbocycles. The van der Waals surface area contributed by atoms with Crippen molar-refractivity contribution in [3.05, 3.63) is 48.2 Å². The monoisotopic (exact) mass is 490 g/mol. The average Bonchev–Trinajstić information content (AvgIpc) is 3.17. The van der Waals surface area contributed by atoms with E-state index in [2.05, 4.69) is 33.5 Å². The molecule has 0 radical (unpaired) electrons. The molecule has 0 spiro atoms. The van der Waals surface area contributed by atoms with Gasteiger partial charge in [0.05, 0.1) is 7.11 Å². The Bertz CT molecular complexity index is 1000. The molecule has 0 aliphatic carbocycles. The Morgan fingerprint density at radius 2 is 1.94 bits per heavy atom. The normalized spacial score (nSPS) is 20.6. The number of carbonyl (C=O) groups excluding carboxylic acids is 3. The number of methoxy groups -OCH3 is 1. The molecular formula is C25H35ClN4O4. The number of para-hydroxylation sites is 1. The van der Waals surface area contributed by atoms with Gasteiger partial charge in [-0.05, 0) is 56.7 Å². The van der Waals surface area contributed by atoms with Crippen LogP contribution in [0.4, 0.5) is 0 Å². The van der Waals surface area contributed by atoms with E-state index >= 15 is 0 Å². The Morgan fingerprint density at radius 3 is 2.71 bits per heavy atom. The fourth-order valence-corrected chi connectivity index (χ4v) is 4.19. The highest BCUT2D eigenvalue weighted by atomic mass is 35.5. The lowest BCUT2D eigenvalue weighted by Gasteiger charge is -2.22. The number of nitrogens with two attached hydrogens (primary N) is 1. The number of fused-ring (bicyclic) bond motifs is 5. The zero-order valence-electron chi connectivity index (χ0n) is 19.6. The molecule has 0 saturated heterocycles. The summed E-state index contributed by atoms with van der Waals surface area (Å²) >= 11 is 0. The number of hydrogen-bond acceptors (Lipinski definition) is 5. The van der Waals surface area contributed by atoms with E-state index in [1.807, 2.05) is 24.3 Å². The standard InChI is InChI=1S/C25H34N4O4.ClH/c1-33-25(32)21-12-5-7-16-29-17-18(19-10-2-3-13-22(19)29)9-8-14-23(30)27-20(24(31)28-21)11-4-6-15-26;/h2-3,5,7,10,13,17,20-21H,4,6,8-9,11-12,14-16,26H2,1H3,(H,27,30)(H,28,31);1H/b7-5+;/t20-,21+;/m1./s1. The van der Waals surface area contributed by atoms with Gasteiger partial charge in [0.15, 0.2) is 0 Å². The number of allylic oxidation sites excluding steroid dienone is 1. The number of rotatable bonds is 5. The van der Waals surface area contributed by atoms with Gasteiger partial charge in [-0.25, -0.2) is 4.79 Å². The van der Waals surface area contributed by atoms with Crippen molar-refractivity contribution >= 4 is 41.1 Å². The Labute approximate surface area is 206 Å². The lowest BCUT2D eigenvalue weighted by Crippen LogP contribution is -2.51.